The molecule has 0 amide bonds. The molecule has 0 spiro atoms. The van der Waals surface area contributed by atoms with Gasteiger partial charge in [-0.3, -0.25) is 4.99 Å². The standard InChI is InChI=1S/C10H23N3O4S/c1-11-10(12-4-6-16-2)13-5-7-17-8-9-18(3,14)15/h4-9H2,1-3H3,(H2,11,12,13). The monoisotopic (exact) mass is 281 g/mol. The first-order valence-corrected chi connectivity index (χ1v) is 7.74. The summed E-state index contributed by atoms with van der Waals surface area (Å²) in [5.41, 5.74) is 0. The van der Waals surface area contributed by atoms with Gasteiger partial charge in [-0.1, -0.05) is 0 Å². The Balaban J connectivity index is 3.51. The first-order valence-electron chi connectivity index (χ1n) is 5.68. The minimum Gasteiger partial charge on any atom is -0.383 e. The molecular weight excluding hydrogens is 258 g/mol. The maximum Gasteiger partial charge on any atom is 0.191 e. The molecule has 0 bridgehead atoms. The van der Waals surface area contributed by atoms with E-state index >= 15 is 0 Å². The fourth-order valence-electron chi connectivity index (χ4n) is 1.05. The molecule has 0 aliphatic carbocycles. The van der Waals surface area contributed by atoms with Crippen molar-refractivity contribution in [1.29, 1.82) is 0 Å². The van der Waals surface area contributed by atoms with Gasteiger partial charge in [-0.2, -0.15) is 0 Å². The van der Waals surface area contributed by atoms with E-state index in [9.17, 15) is 8.42 Å². The van der Waals surface area contributed by atoms with Crippen molar-refractivity contribution in [3.8, 4) is 0 Å². The lowest BCUT2D eigenvalue weighted by Crippen LogP contribution is -2.40. The number of aliphatic imine (C=N–C) groups is 1. The number of nitrogens with zero attached hydrogens (tertiary/aromatic N) is 1. The minimum atomic E-state index is -2.94. The molecule has 0 saturated heterocycles. The fourth-order valence-corrected chi connectivity index (χ4v) is 1.47. The van der Waals surface area contributed by atoms with Crippen LogP contribution in [0.25, 0.3) is 0 Å². The lowest BCUT2D eigenvalue weighted by atomic mass is 10.6. The topological polar surface area (TPSA) is 89.0 Å². The van der Waals surface area contributed by atoms with Gasteiger partial charge in [0, 0.05) is 33.5 Å². The van der Waals surface area contributed by atoms with E-state index in [1.165, 1.54) is 6.26 Å². The maximum atomic E-state index is 10.8. The zero-order chi connectivity index (χ0) is 13.9. The van der Waals surface area contributed by atoms with E-state index in [0.29, 0.717) is 32.3 Å². The van der Waals surface area contributed by atoms with Crippen molar-refractivity contribution < 1.29 is 17.9 Å². The normalized spacial score (nSPS) is 12.5. The summed E-state index contributed by atoms with van der Waals surface area (Å²) in [6.07, 6.45) is 1.19. The Bertz CT molecular complexity index is 330. The molecule has 0 fully saturated rings. The van der Waals surface area contributed by atoms with Crippen LogP contribution in [0.15, 0.2) is 4.99 Å². The van der Waals surface area contributed by atoms with Gasteiger partial charge in [-0.25, -0.2) is 8.42 Å². The van der Waals surface area contributed by atoms with E-state index in [-0.39, 0.29) is 12.4 Å². The van der Waals surface area contributed by atoms with Crippen LogP contribution in [0.4, 0.5) is 0 Å². The molecule has 0 radical (unpaired) electrons. The second kappa shape index (κ2) is 10.1. The molecule has 0 aromatic carbocycles. The number of sulfone groups is 1. The van der Waals surface area contributed by atoms with Crippen molar-refractivity contribution in [2.24, 2.45) is 4.99 Å². The van der Waals surface area contributed by atoms with Crippen LogP contribution in [0, 0.1) is 0 Å². The van der Waals surface area contributed by atoms with Gasteiger partial charge in [0.1, 0.15) is 9.84 Å². The number of methoxy groups -OCH3 is 1. The largest absolute Gasteiger partial charge is 0.383 e. The Labute approximate surface area is 109 Å². The molecule has 0 aliphatic heterocycles. The maximum absolute atomic E-state index is 10.8. The summed E-state index contributed by atoms with van der Waals surface area (Å²) in [7, 11) is 0.363. The van der Waals surface area contributed by atoms with Gasteiger partial charge < -0.3 is 20.1 Å². The zero-order valence-electron chi connectivity index (χ0n) is 11.2. The van der Waals surface area contributed by atoms with E-state index in [1.54, 1.807) is 14.2 Å². The van der Waals surface area contributed by atoms with Crippen LogP contribution in [0.3, 0.4) is 0 Å². The minimum absolute atomic E-state index is 0.0494. The van der Waals surface area contributed by atoms with Gasteiger partial charge in [0.25, 0.3) is 0 Å². The predicted octanol–water partition coefficient (Wildman–Crippen LogP) is -1.14. The molecule has 0 heterocycles. The highest BCUT2D eigenvalue weighted by Gasteiger charge is 2.01. The third-order valence-corrected chi connectivity index (χ3v) is 2.87. The van der Waals surface area contributed by atoms with E-state index in [2.05, 4.69) is 15.6 Å². The molecule has 0 unspecified atom stereocenters. The van der Waals surface area contributed by atoms with Crippen LogP contribution in [-0.4, -0.2) is 73.5 Å². The molecule has 0 aromatic heterocycles. The van der Waals surface area contributed by atoms with Gasteiger partial charge in [0.15, 0.2) is 5.96 Å². The second-order valence-electron chi connectivity index (χ2n) is 3.66. The summed E-state index contributed by atoms with van der Waals surface area (Å²) < 4.78 is 31.7. The average Bonchev–Trinajstić information content (AvgIpc) is 2.30. The van der Waals surface area contributed by atoms with Gasteiger partial charge >= 0.3 is 0 Å². The Kier molecular flexibility index (Phi) is 9.62. The first kappa shape index (κ1) is 17.1. The second-order valence-corrected chi connectivity index (χ2v) is 5.92. The third-order valence-electron chi connectivity index (χ3n) is 1.96. The molecule has 18 heavy (non-hydrogen) atoms. The lowest BCUT2D eigenvalue weighted by molar-refractivity contribution is 0.154. The number of hydrogen-bond acceptors (Lipinski definition) is 5. The van der Waals surface area contributed by atoms with Gasteiger partial charge in [0.2, 0.25) is 0 Å². The SMILES string of the molecule is CN=C(NCCOC)NCCOCCS(C)(=O)=O. The van der Waals surface area contributed by atoms with Crippen LogP contribution in [-0.2, 0) is 19.3 Å². The summed E-state index contributed by atoms with van der Waals surface area (Å²) in [6, 6.07) is 0. The van der Waals surface area contributed by atoms with Crippen molar-refractivity contribution in [3.63, 3.8) is 0 Å². The summed E-state index contributed by atoms with van der Waals surface area (Å²) >= 11 is 0. The quantitative estimate of drug-likeness (QED) is 0.315. The Morgan fingerprint density at radius 2 is 1.78 bits per heavy atom. The number of nitrogens with one attached hydrogen (secondary N) is 2. The highest BCUT2D eigenvalue weighted by atomic mass is 32.2. The van der Waals surface area contributed by atoms with Crippen LogP contribution in [0.1, 0.15) is 0 Å². The number of guanidine groups is 1. The van der Waals surface area contributed by atoms with Gasteiger partial charge in [-0.05, 0) is 0 Å². The Hall–Kier alpha value is -0.860. The number of rotatable bonds is 9. The highest BCUT2D eigenvalue weighted by molar-refractivity contribution is 7.90. The Morgan fingerprint density at radius 1 is 1.17 bits per heavy atom. The molecule has 0 saturated carbocycles. The van der Waals surface area contributed by atoms with Gasteiger partial charge in [0.05, 0.1) is 25.6 Å². The van der Waals surface area contributed by atoms with Crippen molar-refractivity contribution in [1.82, 2.24) is 10.6 Å². The molecule has 0 aliphatic rings. The average molecular weight is 281 g/mol. The molecule has 108 valence electrons. The molecule has 7 nitrogen and oxygen atoms in total. The molecule has 0 aromatic rings. The van der Waals surface area contributed by atoms with Crippen LogP contribution >= 0.6 is 0 Å². The first-order chi connectivity index (χ1) is 8.49. The molecular formula is C10H23N3O4S. The van der Waals surface area contributed by atoms with E-state index in [1.807, 2.05) is 0 Å². The summed E-state index contributed by atoms with van der Waals surface area (Å²) in [5.74, 6) is 0.715. The molecule has 0 rings (SSSR count). The summed E-state index contributed by atoms with van der Waals surface area (Å²) in [5, 5.41) is 6.08. The van der Waals surface area contributed by atoms with Crippen molar-refractivity contribution in [3.05, 3.63) is 0 Å². The van der Waals surface area contributed by atoms with Crippen molar-refractivity contribution in [2.75, 3.05) is 59.1 Å². The summed E-state index contributed by atoms with van der Waals surface area (Å²) in [6.45, 7) is 2.49. The molecule has 8 heteroatoms. The van der Waals surface area contributed by atoms with Crippen LogP contribution in [0.5, 0.6) is 0 Å². The van der Waals surface area contributed by atoms with Crippen molar-refractivity contribution in [2.45, 2.75) is 0 Å². The lowest BCUT2D eigenvalue weighted by Gasteiger charge is -2.11. The van der Waals surface area contributed by atoms with E-state index in [0.717, 1.165) is 0 Å². The predicted molar refractivity (Wildman–Crippen MR) is 71.8 cm³/mol. The zero-order valence-corrected chi connectivity index (χ0v) is 12.0. The van der Waals surface area contributed by atoms with Crippen LogP contribution in [0.2, 0.25) is 0 Å². The Morgan fingerprint density at radius 3 is 2.28 bits per heavy atom. The number of ether oxygens (including phenoxy) is 2. The van der Waals surface area contributed by atoms with E-state index < -0.39 is 9.84 Å². The molecule has 2 N–H and O–H groups in total. The van der Waals surface area contributed by atoms with Crippen LogP contribution < -0.4 is 10.6 Å². The van der Waals surface area contributed by atoms with Crippen molar-refractivity contribution >= 4 is 15.8 Å². The van der Waals surface area contributed by atoms with E-state index in [4.69, 9.17) is 9.47 Å². The fraction of sp³-hybridized carbons (Fsp3) is 0.900. The number of hydrogen-bond donors (Lipinski definition) is 2. The smallest absolute Gasteiger partial charge is 0.191 e. The van der Waals surface area contributed by atoms with Gasteiger partial charge in [-0.15, -0.1) is 0 Å². The third kappa shape index (κ3) is 11.6. The summed E-state index contributed by atoms with van der Waals surface area (Å²) in [4.78, 5) is 4.00. The highest BCUT2D eigenvalue weighted by Crippen LogP contribution is 1.83. The molecule has 0 atom stereocenters.